The van der Waals surface area contributed by atoms with Crippen LogP contribution in [0.5, 0.6) is 0 Å². The molecule has 0 aromatic heterocycles. The highest BCUT2D eigenvalue weighted by Gasteiger charge is 2.29. The van der Waals surface area contributed by atoms with Crippen LogP contribution in [0.25, 0.3) is 0 Å². The van der Waals surface area contributed by atoms with Crippen LogP contribution in [-0.4, -0.2) is 64.1 Å². The third-order valence-electron chi connectivity index (χ3n) is 3.30. The lowest BCUT2D eigenvalue weighted by molar-refractivity contribution is -0.147. The van der Waals surface area contributed by atoms with Gasteiger partial charge in [0.05, 0.1) is 12.5 Å². The van der Waals surface area contributed by atoms with Gasteiger partial charge in [0.2, 0.25) is 11.8 Å². The molecule has 0 fully saturated rings. The van der Waals surface area contributed by atoms with E-state index >= 15 is 0 Å². The molecule has 0 bridgehead atoms. The third-order valence-corrected chi connectivity index (χ3v) is 3.95. The van der Waals surface area contributed by atoms with Gasteiger partial charge < -0.3 is 26.6 Å². The van der Waals surface area contributed by atoms with Gasteiger partial charge >= 0.3 is 11.9 Å². The average Bonchev–Trinajstić information content (AvgIpc) is 2.49. The number of carbonyl (C=O) groups is 4. The molecule has 0 saturated heterocycles. The zero-order valence-electron chi connectivity index (χ0n) is 14.7. The van der Waals surface area contributed by atoms with Crippen LogP contribution in [-0.2, 0) is 19.2 Å². The summed E-state index contributed by atoms with van der Waals surface area (Å²) < 4.78 is 0. The van der Waals surface area contributed by atoms with Crippen molar-refractivity contribution in [3.8, 4) is 0 Å². The number of thioether (sulfide) groups is 1. The molecule has 9 nitrogen and oxygen atoms in total. The molecular formula is C15H27N3O6S. The lowest BCUT2D eigenvalue weighted by atomic mass is 10.0. The van der Waals surface area contributed by atoms with Gasteiger partial charge in [-0.3, -0.25) is 14.4 Å². The largest absolute Gasteiger partial charge is 0.481 e. The second-order valence-corrected chi connectivity index (χ2v) is 7.06. The maximum Gasteiger partial charge on any atom is 0.326 e. The number of hydrogen-bond acceptors (Lipinski definition) is 6. The number of hydrogen-bond donors (Lipinski definition) is 5. The number of carboxylic acid groups (broad SMARTS) is 2. The molecular weight excluding hydrogens is 350 g/mol. The molecule has 0 aliphatic heterocycles. The van der Waals surface area contributed by atoms with E-state index in [1.54, 1.807) is 11.8 Å². The van der Waals surface area contributed by atoms with Gasteiger partial charge in [0.15, 0.2) is 0 Å². The summed E-state index contributed by atoms with van der Waals surface area (Å²) in [5.74, 6) is -3.32. The van der Waals surface area contributed by atoms with Gasteiger partial charge in [-0.15, -0.1) is 0 Å². The Morgan fingerprint density at radius 1 is 1.04 bits per heavy atom. The number of rotatable bonds is 12. The Morgan fingerprint density at radius 2 is 1.60 bits per heavy atom. The number of nitrogens with two attached hydrogens (primary N) is 1. The van der Waals surface area contributed by atoms with Crippen LogP contribution >= 0.6 is 11.8 Å². The Bertz CT molecular complexity index is 486. The summed E-state index contributed by atoms with van der Waals surface area (Å²) in [6.07, 6.45) is 1.84. The predicted octanol–water partition coefficient (Wildman–Crippen LogP) is -0.358. The first-order chi connectivity index (χ1) is 11.6. The monoisotopic (exact) mass is 377 g/mol. The van der Waals surface area contributed by atoms with Crippen molar-refractivity contribution in [2.75, 3.05) is 12.0 Å². The van der Waals surface area contributed by atoms with Crippen molar-refractivity contribution in [2.24, 2.45) is 11.7 Å². The topological polar surface area (TPSA) is 159 Å². The lowest BCUT2D eigenvalue weighted by Gasteiger charge is -2.23. The fourth-order valence-corrected chi connectivity index (χ4v) is 2.49. The van der Waals surface area contributed by atoms with Crippen LogP contribution in [0.2, 0.25) is 0 Å². The van der Waals surface area contributed by atoms with Gasteiger partial charge in [-0.1, -0.05) is 13.8 Å². The molecule has 0 aliphatic carbocycles. The average molecular weight is 377 g/mol. The molecule has 0 rings (SSSR count). The first kappa shape index (κ1) is 23.2. The summed E-state index contributed by atoms with van der Waals surface area (Å²) in [6.45, 7) is 3.68. The summed E-state index contributed by atoms with van der Waals surface area (Å²) in [4.78, 5) is 46.2. The Hall–Kier alpha value is -1.81. The van der Waals surface area contributed by atoms with Crippen molar-refractivity contribution in [1.82, 2.24) is 10.6 Å². The van der Waals surface area contributed by atoms with Crippen molar-refractivity contribution in [3.63, 3.8) is 0 Å². The van der Waals surface area contributed by atoms with Crippen molar-refractivity contribution in [2.45, 2.75) is 51.2 Å². The minimum atomic E-state index is -1.57. The van der Waals surface area contributed by atoms with E-state index in [-0.39, 0.29) is 12.3 Å². The Morgan fingerprint density at radius 3 is 2.04 bits per heavy atom. The number of carbonyl (C=O) groups excluding carboxylic acids is 2. The number of carboxylic acids is 2. The third kappa shape index (κ3) is 9.92. The van der Waals surface area contributed by atoms with Gasteiger partial charge in [-0.25, -0.2) is 4.79 Å². The van der Waals surface area contributed by atoms with E-state index in [0.29, 0.717) is 12.2 Å². The van der Waals surface area contributed by atoms with Crippen molar-refractivity contribution in [1.29, 1.82) is 0 Å². The molecule has 144 valence electrons. The number of nitrogens with one attached hydrogen (secondary N) is 2. The van der Waals surface area contributed by atoms with E-state index in [1.807, 2.05) is 20.1 Å². The summed E-state index contributed by atoms with van der Waals surface area (Å²) in [7, 11) is 0. The van der Waals surface area contributed by atoms with Gasteiger partial charge in [0.1, 0.15) is 12.1 Å². The maximum absolute atomic E-state index is 12.3. The molecule has 6 N–H and O–H groups in total. The van der Waals surface area contributed by atoms with Gasteiger partial charge in [0.25, 0.3) is 0 Å². The summed E-state index contributed by atoms with van der Waals surface area (Å²) >= 11 is 1.54. The highest BCUT2D eigenvalue weighted by Crippen LogP contribution is 2.07. The number of amides is 2. The smallest absolute Gasteiger partial charge is 0.326 e. The van der Waals surface area contributed by atoms with E-state index in [4.69, 9.17) is 15.9 Å². The second kappa shape index (κ2) is 11.7. The Balaban J connectivity index is 4.99. The SMILES string of the molecule is CSCCC(N)C(=O)NC(CC(C)C)C(=O)NC(CC(=O)O)C(=O)O. The van der Waals surface area contributed by atoms with Crippen molar-refractivity contribution >= 4 is 35.5 Å². The Labute approximate surface area is 151 Å². The van der Waals surface area contributed by atoms with Gasteiger partial charge in [0, 0.05) is 0 Å². The minimum absolute atomic E-state index is 0.0428. The van der Waals surface area contributed by atoms with Crippen LogP contribution in [0, 0.1) is 5.92 Å². The zero-order chi connectivity index (χ0) is 19.6. The lowest BCUT2D eigenvalue weighted by Crippen LogP contribution is -2.55. The molecule has 2 amide bonds. The van der Waals surface area contributed by atoms with E-state index in [1.165, 1.54) is 0 Å². The van der Waals surface area contributed by atoms with Crippen LogP contribution in [0.3, 0.4) is 0 Å². The van der Waals surface area contributed by atoms with E-state index in [9.17, 15) is 19.2 Å². The molecule has 0 radical (unpaired) electrons. The minimum Gasteiger partial charge on any atom is -0.481 e. The molecule has 10 heteroatoms. The molecule has 3 atom stereocenters. The highest BCUT2D eigenvalue weighted by atomic mass is 32.2. The summed E-state index contributed by atoms with van der Waals surface area (Å²) in [5, 5.41) is 22.4. The zero-order valence-corrected chi connectivity index (χ0v) is 15.5. The van der Waals surface area contributed by atoms with Gasteiger partial charge in [-0.05, 0) is 30.8 Å². The summed E-state index contributed by atoms with van der Waals surface area (Å²) in [6, 6.07) is -3.32. The normalized spacial score (nSPS) is 14.4. The molecule has 0 saturated carbocycles. The van der Waals surface area contributed by atoms with Crippen molar-refractivity contribution < 1.29 is 29.4 Å². The Kier molecular flexibility index (Phi) is 10.8. The van der Waals surface area contributed by atoms with E-state index in [0.717, 1.165) is 0 Å². The first-order valence-corrected chi connectivity index (χ1v) is 9.27. The molecule has 3 unspecified atom stereocenters. The van der Waals surface area contributed by atoms with Crippen LogP contribution < -0.4 is 16.4 Å². The van der Waals surface area contributed by atoms with E-state index < -0.39 is 48.3 Å². The second-order valence-electron chi connectivity index (χ2n) is 6.08. The van der Waals surface area contributed by atoms with Crippen LogP contribution in [0.4, 0.5) is 0 Å². The molecule has 0 aromatic carbocycles. The fraction of sp³-hybridized carbons (Fsp3) is 0.733. The quantitative estimate of drug-likeness (QED) is 0.308. The van der Waals surface area contributed by atoms with Crippen LogP contribution in [0.15, 0.2) is 0 Å². The maximum atomic E-state index is 12.3. The summed E-state index contributed by atoms with van der Waals surface area (Å²) in [5.41, 5.74) is 5.77. The van der Waals surface area contributed by atoms with Gasteiger partial charge in [-0.2, -0.15) is 11.8 Å². The molecule has 0 heterocycles. The fourth-order valence-electron chi connectivity index (χ4n) is 2.00. The van der Waals surface area contributed by atoms with Crippen LogP contribution in [0.1, 0.15) is 33.1 Å². The molecule has 0 aliphatic rings. The molecule has 0 aromatic rings. The molecule has 0 spiro atoms. The molecule has 25 heavy (non-hydrogen) atoms. The highest BCUT2D eigenvalue weighted by molar-refractivity contribution is 7.98. The first-order valence-electron chi connectivity index (χ1n) is 7.88. The van der Waals surface area contributed by atoms with E-state index in [2.05, 4.69) is 10.6 Å². The number of aliphatic carboxylic acids is 2. The van der Waals surface area contributed by atoms with Crippen molar-refractivity contribution in [3.05, 3.63) is 0 Å². The standard InChI is InChI=1S/C15H27N3O6S/c1-8(2)6-10(17-13(21)9(16)4-5-25-3)14(22)18-11(15(23)24)7-12(19)20/h8-11H,4-7,16H2,1-3H3,(H,17,21)(H,18,22)(H,19,20)(H,23,24). The predicted molar refractivity (Wildman–Crippen MR) is 94.2 cm³/mol.